The van der Waals surface area contributed by atoms with Gasteiger partial charge in [-0.2, -0.15) is 0 Å². The van der Waals surface area contributed by atoms with E-state index in [2.05, 4.69) is 38.1 Å². The van der Waals surface area contributed by atoms with E-state index in [0.717, 1.165) is 40.9 Å². The number of methoxy groups -OCH3 is 2. The Kier molecular flexibility index (Phi) is 7.16. The topological polar surface area (TPSA) is 60.8 Å². The van der Waals surface area contributed by atoms with E-state index in [4.69, 9.17) is 26.4 Å². The van der Waals surface area contributed by atoms with Crippen molar-refractivity contribution in [2.45, 2.75) is 18.6 Å². The minimum Gasteiger partial charge on any atom is -0.497 e. The fourth-order valence-electron chi connectivity index (χ4n) is 4.48. The molecule has 2 aromatic carbocycles. The maximum absolute atomic E-state index is 6.02. The van der Waals surface area contributed by atoms with Crippen LogP contribution < -0.4 is 19.7 Å². The molecule has 1 aliphatic rings. The van der Waals surface area contributed by atoms with Crippen molar-refractivity contribution >= 4 is 23.0 Å². The number of ether oxygens (including phenoxy) is 3. The quantitative estimate of drug-likeness (QED) is 0.304. The average Bonchev–Trinajstić information content (AvgIpc) is 3.52. The van der Waals surface area contributed by atoms with Gasteiger partial charge >= 0.3 is 0 Å². The minimum absolute atomic E-state index is 0.0902. The van der Waals surface area contributed by atoms with Gasteiger partial charge < -0.3 is 29.0 Å². The van der Waals surface area contributed by atoms with Crippen LogP contribution in [-0.2, 0) is 11.3 Å². The molecule has 184 valence electrons. The molecule has 0 saturated carbocycles. The first-order chi connectivity index (χ1) is 17.7. The number of rotatable bonds is 9. The summed E-state index contributed by atoms with van der Waals surface area (Å²) in [7, 11) is 3.36. The van der Waals surface area contributed by atoms with Crippen molar-refractivity contribution in [3.63, 3.8) is 0 Å². The van der Waals surface area contributed by atoms with Gasteiger partial charge in [-0.05, 0) is 85.0 Å². The van der Waals surface area contributed by atoms with E-state index in [0.29, 0.717) is 11.7 Å². The molecule has 1 saturated heterocycles. The lowest BCUT2D eigenvalue weighted by Gasteiger charge is -2.29. The molecule has 2 atom stereocenters. The number of hydrogen-bond donors (Lipinski definition) is 1. The fourth-order valence-corrected chi connectivity index (χ4v) is 4.82. The van der Waals surface area contributed by atoms with E-state index in [1.807, 2.05) is 72.9 Å². The number of hydrogen-bond acceptors (Lipinski definition) is 5. The normalized spacial score (nSPS) is 17.2. The Hall–Kier alpha value is -3.88. The van der Waals surface area contributed by atoms with Crippen molar-refractivity contribution in [3.05, 3.63) is 103 Å². The number of thiocarbonyl (C=S) groups is 1. The summed E-state index contributed by atoms with van der Waals surface area (Å²) in [6.07, 6.45) is 3.89. The van der Waals surface area contributed by atoms with Crippen LogP contribution in [0.4, 0.5) is 5.69 Å². The summed E-state index contributed by atoms with van der Waals surface area (Å²) in [6, 6.07) is 25.4. The Labute approximate surface area is 216 Å². The molecule has 0 aliphatic carbocycles. The maximum Gasteiger partial charge on any atom is 0.174 e. The third kappa shape index (κ3) is 4.91. The summed E-state index contributed by atoms with van der Waals surface area (Å²) in [5.41, 5.74) is 3.04. The van der Waals surface area contributed by atoms with E-state index in [1.54, 1.807) is 14.2 Å². The van der Waals surface area contributed by atoms with Crippen molar-refractivity contribution in [2.24, 2.45) is 0 Å². The molecule has 2 unspecified atom stereocenters. The molecule has 1 fully saturated rings. The van der Waals surface area contributed by atoms with Crippen LogP contribution in [-0.4, -0.2) is 35.5 Å². The number of benzene rings is 2. The monoisotopic (exact) mass is 500 g/mol. The molecule has 7 nitrogen and oxygen atoms in total. The van der Waals surface area contributed by atoms with Gasteiger partial charge in [-0.3, -0.25) is 4.98 Å². The lowest BCUT2D eigenvalue weighted by Crippen LogP contribution is -2.30. The predicted octanol–water partition coefficient (Wildman–Crippen LogP) is 5.51. The molecule has 0 radical (unpaired) electrons. The minimum atomic E-state index is -0.106. The van der Waals surface area contributed by atoms with Crippen molar-refractivity contribution in [1.29, 1.82) is 0 Å². The molecule has 0 amide bonds. The average molecular weight is 501 g/mol. The van der Waals surface area contributed by atoms with Gasteiger partial charge in [0.05, 0.1) is 25.5 Å². The van der Waals surface area contributed by atoms with E-state index in [-0.39, 0.29) is 12.1 Å². The lowest BCUT2D eigenvalue weighted by molar-refractivity contribution is 0.186. The highest BCUT2D eigenvalue weighted by Crippen LogP contribution is 2.42. The molecule has 36 heavy (non-hydrogen) atoms. The first kappa shape index (κ1) is 23.8. The fraction of sp³-hybridized carbons (Fsp3) is 0.214. The van der Waals surface area contributed by atoms with Crippen LogP contribution in [0.3, 0.4) is 0 Å². The summed E-state index contributed by atoms with van der Waals surface area (Å²) >= 11 is 5.85. The summed E-state index contributed by atoms with van der Waals surface area (Å²) in [5.74, 6) is 2.27. The van der Waals surface area contributed by atoms with Crippen molar-refractivity contribution in [2.75, 3.05) is 25.7 Å². The van der Waals surface area contributed by atoms with Gasteiger partial charge in [0, 0.05) is 37.4 Å². The van der Waals surface area contributed by atoms with Crippen molar-refractivity contribution < 1.29 is 14.2 Å². The van der Waals surface area contributed by atoms with Gasteiger partial charge in [0.1, 0.15) is 23.3 Å². The second-order valence-electron chi connectivity index (χ2n) is 8.39. The molecule has 1 N–H and O–H groups in total. The van der Waals surface area contributed by atoms with Gasteiger partial charge in [0.25, 0.3) is 0 Å². The third-order valence-electron chi connectivity index (χ3n) is 6.21. The summed E-state index contributed by atoms with van der Waals surface area (Å²) in [4.78, 5) is 6.79. The van der Waals surface area contributed by atoms with E-state index >= 15 is 0 Å². The number of nitrogens with one attached hydrogen (secondary N) is 1. The highest BCUT2D eigenvalue weighted by molar-refractivity contribution is 7.80. The Bertz CT molecular complexity index is 1290. The first-order valence-electron chi connectivity index (χ1n) is 11.7. The van der Waals surface area contributed by atoms with Crippen LogP contribution in [0.25, 0.3) is 0 Å². The zero-order valence-electron chi connectivity index (χ0n) is 20.2. The summed E-state index contributed by atoms with van der Waals surface area (Å²) < 4.78 is 18.8. The molecule has 3 heterocycles. The van der Waals surface area contributed by atoms with Crippen LogP contribution >= 0.6 is 12.2 Å². The Morgan fingerprint density at radius 1 is 0.889 bits per heavy atom. The maximum atomic E-state index is 6.02. The second kappa shape index (κ2) is 10.8. The predicted molar refractivity (Wildman–Crippen MR) is 144 cm³/mol. The van der Waals surface area contributed by atoms with Gasteiger partial charge in [0.15, 0.2) is 5.11 Å². The highest BCUT2D eigenvalue weighted by atomic mass is 32.1. The van der Waals surface area contributed by atoms with Crippen molar-refractivity contribution in [3.8, 4) is 17.2 Å². The molecule has 1 aliphatic heterocycles. The number of aromatic nitrogens is 2. The summed E-state index contributed by atoms with van der Waals surface area (Å²) in [5, 5.41) is 4.16. The third-order valence-corrected chi connectivity index (χ3v) is 6.53. The van der Waals surface area contributed by atoms with E-state index in [1.165, 1.54) is 0 Å². The van der Waals surface area contributed by atoms with Crippen LogP contribution in [0.2, 0.25) is 0 Å². The molecule has 2 aromatic heterocycles. The zero-order chi connectivity index (χ0) is 24.9. The van der Waals surface area contributed by atoms with E-state index in [9.17, 15) is 0 Å². The van der Waals surface area contributed by atoms with Crippen molar-refractivity contribution in [1.82, 2.24) is 14.9 Å². The second-order valence-corrected chi connectivity index (χ2v) is 8.77. The van der Waals surface area contributed by atoms with Crippen LogP contribution in [0.1, 0.15) is 23.5 Å². The molecule has 8 heteroatoms. The standard InChI is InChI=1S/C28H28N4O3S/c1-33-19-18-31-17-5-7-25(31)27-26(24-6-3-4-16-29-24)30-28(36)32(27)20-8-10-22(11-9-20)35-23-14-12-21(34-2)13-15-23/h3-17,26-27H,18-19H2,1-2H3,(H,30,36). The molecule has 0 bridgehead atoms. The van der Waals surface area contributed by atoms with Gasteiger partial charge in [-0.25, -0.2) is 0 Å². The molecular formula is C28H28N4O3S. The van der Waals surface area contributed by atoms with E-state index < -0.39 is 0 Å². The number of nitrogens with zero attached hydrogens (tertiary/aromatic N) is 3. The molecular weight excluding hydrogens is 472 g/mol. The molecule has 0 spiro atoms. The first-order valence-corrected chi connectivity index (χ1v) is 12.2. The zero-order valence-corrected chi connectivity index (χ0v) is 21.0. The summed E-state index contributed by atoms with van der Waals surface area (Å²) in [6.45, 7) is 1.37. The molecule has 4 aromatic rings. The number of anilines is 1. The lowest BCUT2D eigenvalue weighted by atomic mass is 10.0. The Morgan fingerprint density at radius 2 is 1.61 bits per heavy atom. The van der Waals surface area contributed by atoms with Gasteiger partial charge in [-0.15, -0.1) is 0 Å². The SMILES string of the molecule is COCCn1cccc1C1C(c2ccccn2)NC(=S)N1c1ccc(Oc2ccc(OC)cc2)cc1. The van der Waals surface area contributed by atoms with Gasteiger partial charge in [0.2, 0.25) is 0 Å². The van der Waals surface area contributed by atoms with Crippen LogP contribution in [0.15, 0.2) is 91.3 Å². The van der Waals surface area contributed by atoms with Crippen LogP contribution in [0.5, 0.6) is 17.2 Å². The van der Waals surface area contributed by atoms with Gasteiger partial charge in [-0.1, -0.05) is 6.07 Å². The largest absolute Gasteiger partial charge is 0.497 e. The molecule has 5 rings (SSSR count). The Balaban J connectivity index is 1.46. The number of pyridine rings is 1. The van der Waals surface area contributed by atoms with Crippen LogP contribution in [0, 0.1) is 0 Å². The Morgan fingerprint density at radius 3 is 2.28 bits per heavy atom. The highest BCUT2D eigenvalue weighted by Gasteiger charge is 2.42. The smallest absolute Gasteiger partial charge is 0.174 e.